The quantitative estimate of drug-likeness (QED) is 0.585. The molecule has 14 heavy (non-hydrogen) atoms. The van der Waals surface area contributed by atoms with Crippen LogP contribution in [0.25, 0.3) is 0 Å². The minimum absolute atomic E-state index is 0.115. The summed E-state index contributed by atoms with van der Waals surface area (Å²) in [7, 11) is -3.86. The van der Waals surface area contributed by atoms with Crippen molar-refractivity contribution in [1.82, 2.24) is 0 Å². The van der Waals surface area contributed by atoms with Gasteiger partial charge in [0.05, 0.1) is 11.3 Å². The van der Waals surface area contributed by atoms with Crippen molar-refractivity contribution < 1.29 is 8.42 Å². The second-order valence-corrected chi connectivity index (χ2v) is 3.86. The van der Waals surface area contributed by atoms with Crippen LogP contribution in [0.15, 0.2) is 18.2 Å². The number of nitrogens with one attached hydrogen (secondary N) is 1. The third-order valence-corrected chi connectivity index (χ3v) is 1.92. The highest BCUT2D eigenvalue weighted by Crippen LogP contribution is 2.18. The summed E-state index contributed by atoms with van der Waals surface area (Å²) in [6, 6.07) is 5.99. The van der Waals surface area contributed by atoms with Crippen LogP contribution in [0.3, 0.4) is 0 Å². The highest BCUT2D eigenvalue weighted by Gasteiger charge is 2.07. The molecule has 0 aliphatic carbocycles. The number of hydrogen-bond donors (Lipinski definition) is 3. The molecule has 1 aromatic carbocycles. The Morgan fingerprint density at radius 2 is 2.07 bits per heavy atom. The van der Waals surface area contributed by atoms with E-state index in [1.165, 1.54) is 18.2 Å². The molecule has 0 heterocycles. The summed E-state index contributed by atoms with van der Waals surface area (Å²) in [5, 5.41) is 13.4. The SMILES string of the molecule is N#Cc1cc(N)ccc1NS(N)(=O)=O. The Morgan fingerprint density at radius 3 is 2.57 bits per heavy atom. The number of benzene rings is 1. The summed E-state index contributed by atoms with van der Waals surface area (Å²) in [5.74, 6) is 0. The first-order chi connectivity index (χ1) is 6.42. The fourth-order valence-corrected chi connectivity index (χ4v) is 1.38. The topological polar surface area (TPSA) is 122 Å². The lowest BCUT2D eigenvalue weighted by Crippen LogP contribution is -2.22. The predicted molar refractivity (Wildman–Crippen MR) is 52.3 cm³/mol. The van der Waals surface area contributed by atoms with Gasteiger partial charge < -0.3 is 5.73 Å². The number of anilines is 2. The molecule has 0 spiro atoms. The molecule has 0 radical (unpaired) electrons. The van der Waals surface area contributed by atoms with Crippen LogP contribution in [0.4, 0.5) is 11.4 Å². The maximum atomic E-state index is 10.7. The Kier molecular flexibility index (Phi) is 2.60. The maximum Gasteiger partial charge on any atom is 0.296 e. The lowest BCUT2D eigenvalue weighted by Gasteiger charge is -2.05. The van der Waals surface area contributed by atoms with Gasteiger partial charge in [0, 0.05) is 5.69 Å². The van der Waals surface area contributed by atoms with Crippen LogP contribution in [-0.2, 0) is 10.2 Å². The summed E-state index contributed by atoms with van der Waals surface area (Å²) in [5.41, 5.74) is 6.02. The molecular weight excluding hydrogens is 204 g/mol. The van der Waals surface area contributed by atoms with E-state index in [0.29, 0.717) is 5.69 Å². The average Bonchev–Trinajstić information content (AvgIpc) is 2.06. The second-order valence-electron chi connectivity index (χ2n) is 2.56. The molecule has 0 amide bonds. The average molecular weight is 212 g/mol. The van der Waals surface area contributed by atoms with E-state index in [2.05, 4.69) is 0 Å². The molecule has 6 nitrogen and oxygen atoms in total. The van der Waals surface area contributed by atoms with E-state index in [9.17, 15) is 8.42 Å². The van der Waals surface area contributed by atoms with Crippen molar-refractivity contribution in [2.75, 3.05) is 10.5 Å². The summed E-state index contributed by atoms with van der Waals surface area (Å²) in [6.07, 6.45) is 0. The minimum Gasteiger partial charge on any atom is -0.399 e. The number of hydrogen-bond acceptors (Lipinski definition) is 4. The first-order valence-corrected chi connectivity index (χ1v) is 5.07. The van der Waals surface area contributed by atoms with Gasteiger partial charge in [0.2, 0.25) is 0 Å². The van der Waals surface area contributed by atoms with Gasteiger partial charge in [-0.1, -0.05) is 0 Å². The Labute approximate surface area is 81.3 Å². The lowest BCUT2D eigenvalue weighted by molar-refractivity contribution is 0.603. The fraction of sp³-hybridized carbons (Fsp3) is 0. The van der Waals surface area contributed by atoms with Gasteiger partial charge >= 0.3 is 0 Å². The highest BCUT2D eigenvalue weighted by atomic mass is 32.2. The Hall–Kier alpha value is -1.78. The zero-order chi connectivity index (χ0) is 10.8. The maximum absolute atomic E-state index is 10.7. The number of nitriles is 1. The Balaban J connectivity index is 3.17. The van der Waals surface area contributed by atoms with Crippen molar-refractivity contribution in [3.05, 3.63) is 23.8 Å². The Bertz CT molecular complexity index is 489. The smallest absolute Gasteiger partial charge is 0.296 e. The zero-order valence-corrected chi connectivity index (χ0v) is 7.88. The van der Waals surface area contributed by atoms with E-state index in [1.807, 2.05) is 4.72 Å². The third kappa shape index (κ3) is 2.62. The van der Waals surface area contributed by atoms with Crippen LogP contribution in [-0.4, -0.2) is 8.42 Å². The molecule has 0 aliphatic rings. The van der Waals surface area contributed by atoms with Crippen molar-refractivity contribution >= 4 is 21.6 Å². The minimum atomic E-state index is -3.86. The van der Waals surface area contributed by atoms with E-state index in [-0.39, 0.29) is 11.3 Å². The molecule has 0 saturated heterocycles. The molecule has 0 fully saturated rings. The summed E-state index contributed by atoms with van der Waals surface area (Å²) in [6.45, 7) is 0. The van der Waals surface area contributed by atoms with E-state index in [1.54, 1.807) is 6.07 Å². The molecule has 0 aliphatic heterocycles. The second kappa shape index (κ2) is 3.53. The first-order valence-electron chi connectivity index (χ1n) is 3.52. The Morgan fingerprint density at radius 1 is 1.43 bits per heavy atom. The van der Waals surface area contributed by atoms with Crippen molar-refractivity contribution in [2.45, 2.75) is 0 Å². The summed E-state index contributed by atoms with van der Waals surface area (Å²) >= 11 is 0. The van der Waals surface area contributed by atoms with Gasteiger partial charge in [-0.25, -0.2) is 5.14 Å². The standard InChI is InChI=1S/C7H8N4O2S/c8-4-5-3-6(9)1-2-7(5)11-14(10,12)13/h1-3,11H,9H2,(H2,10,12,13). The normalized spacial score (nSPS) is 10.6. The summed E-state index contributed by atoms with van der Waals surface area (Å²) in [4.78, 5) is 0. The van der Waals surface area contributed by atoms with E-state index in [4.69, 9.17) is 16.1 Å². The molecule has 0 saturated carbocycles. The van der Waals surface area contributed by atoms with Crippen LogP contribution >= 0.6 is 0 Å². The monoisotopic (exact) mass is 212 g/mol. The molecule has 5 N–H and O–H groups in total. The van der Waals surface area contributed by atoms with Gasteiger partial charge in [0.15, 0.2) is 0 Å². The van der Waals surface area contributed by atoms with Crippen molar-refractivity contribution in [1.29, 1.82) is 5.26 Å². The number of nitrogens with two attached hydrogens (primary N) is 2. The van der Waals surface area contributed by atoms with Crippen LogP contribution in [0.2, 0.25) is 0 Å². The molecule has 0 atom stereocenters. The zero-order valence-electron chi connectivity index (χ0n) is 7.06. The third-order valence-electron chi connectivity index (χ3n) is 1.42. The predicted octanol–water partition coefficient (Wildman–Crippen LogP) is -0.244. The van der Waals surface area contributed by atoms with Crippen LogP contribution in [0.5, 0.6) is 0 Å². The fourth-order valence-electron chi connectivity index (χ4n) is 0.897. The van der Waals surface area contributed by atoms with Gasteiger partial charge in [0.25, 0.3) is 10.2 Å². The van der Waals surface area contributed by atoms with Gasteiger partial charge in [-0.2, -0.15) is 13.7 Å². The number of nitrogens with zero attached hydrogens (tertiary/aromatic N) is 1. The van der Waals surface area contributed by atoms with Crippen LogP contribution < -0.4 is 15.6 Å². The number of rotatable bonds is 2. The van der Waals surface area contributed by atoms with Gasteiger partial charge in [0.1, 0.15) is 6.07 Å². The lowest BCUT2D eigenvalue weighted by atomic mass is 10.2. The van der Waals surface area contributed by atoms with Crippen LogP contribution in [0, 0.1) is 11.3 Å². The molecule has 1 aromatic rings. The van der Waals surface area contributed by atoms with Crippen LogP contribution in [0.1, 0.15) is 5.56 Å². The van der Waals surface area contributed by atoms with Gasteiger partial charge in [-0.05, 0) is 18.2 Å². The highest BCUT2D eigenvalue weighted by molar-refractivity contribution is 7.90. The van der Waals surface area contributed by atoms with E-state index >= 15 is 0 Å². The van der Waals surface area contributed by atoms with Gasteiger partial charge in [-0.15, -0.1) is 0 Å². The number of nitrogen functional groups attached to an aromatic ring is 1. The van der Waals surface area contributed by atoms with E-state index in [0.717, 1.165) is 0 Å². The van der Waals surface area contributed by atoms with Crippen molar-refractivity contribution in [3.63, 3.8) is 0 Å². The van der Waals surface area contributed by atoms with Crippen molar-refractivity contribution in [3.8, 4) is 6.07 Å². The molecule has 0 unspecified atom stereocenters. The molecule has 74 valence electrons. The van der Waals surface area contributed by atoms with Crippen molar-refractivity contribution in [2.24, 2.45) is 5.14 Å². The first kappa shape index (κ1) is 10.3. The molecule has 1 rings (SSSR count). The van der Waals surface area contributed by atoms with E-state index < -0.39 is 10.2 Å². The summed E-state index contributed by atoms with van der Waals surface area (Å²) < 4.78 is 23.4. The molecule has 7 heteroatoms. The molecular formula is C7H8N4O2S. The largest absolute Gasteiger partial charge is 0.399 e. The molecule has 0 aromatic heterocycles. The van der Waals surface area contributed by atoms with Gasteiger partial charge in [-0.3, -0.25) is 4.72 Å². The molecule has 0 bridgehead atoms.